The van der Waals surface area contributed by atoms with Crippen LogP contribution >= 0.6 is 31.9 Å². The Bertz CT molecular complexity index is 517. The van der Waals surface area contributed by atoms with Gasteiger partial charge in [-0.25, -0.2) is 4.98 Å². The number of rotatable bonds is 2. The predicted molar refractivity (Wildman–Crippen MR) is 67.8 cm³/mol. The molecule has 1 N–H and O–H groups in total. The molecule has 0 fully saturated rings. The summed E-state index contributed by atoms with van der Waals surface area (Å²) in [6, 6.07) is 8.39. The topological polar surface area (TPSA) is 42.4 Å². The quantitative estimate of drug-likeness (QED) is 0.891. The Labute approximate surface area is 109 Å². The number of ether oxygens (including phenoxy) is 1. The van der Waals surface area contributed by atoms with E-state index in [1.54, 1.807) is 24.4 Å². The first-order valence-electron chi connectivity index (χ1n) is 4.43. The Kier molecular flexibility index (Phi) is 3.46. The number of phenols is 1. The van der Waals surface area contributed by atoms with E-state index in [4.69, 9.17) is 4.74 Å². The number of nitrogens with zero attached hydrogens (tertiary/aromatic N) is 1. The van der Waals surface area contributed by atoms with E-state index in [2.05, 4.69) is 36.8 Å². The van der Waals surface area contributed by atoms with E-state index in [1.807, 2.05) is 6.07 Å². The molecule has 0 spiro atoms. The summed E-state index contributed by atoms with van der Waals surface area (Å²) in [5, 5.41) is 9.28. The summed E-state index contributed by atoms with van der Waals surface area (Å²) >= 11 is 6.65. The standard InChI is InChI=1S/C11H7Br2NO2/c12-7-4-10(13)11(14-6-7)16-9-3-1-2-8(15)5-9/h1-6,15H. The zero-order valence-corrected chi connectivity index (χ0v) is 11.2. The summed E-state index contributed by atoms with van der Waals surface area (Å²) < 4.78 is 7.11. The molecule has 82 valence electrons. The van der Waals surface area contributed by atoms with Gasteiger partial charge < -0.3 is 9.84 Å². The van der Waals surface area contributed by atoms with Crippen molar-refractivity contribution in [2.24, 2.45) is 0 Å². The molecule has 0 aliphatic heterocycles. The molecule has 0 amide bonds. The van der Waals surface area contributed by atoms with Crippen molar-refractivity contribution in [3.63, 3.8) is 0 Å². The maximum atomic E-state index is 9.28. The normalized spacial score (nSPS) is 10.1. The first-order chi connectivity index (χ1) is 7.65. The maximum absolute atomic E-state index is 9.28. The van der Waals surface area contributed by atoms with Crippen molar-refractivity contribution in [1.29, 1.82) is 0 Å². The lowest BCUT2D eigenvalue weighted by molar-refractivity contribution is 0.443. The zero-order valence-electron chi connectivity index (χ0n) is 8.02. The summed E-state index contributed by atoms with van der Waals surface area (Å²) in [6.07, 6.45) is 1.64. The van der Waals surface area contributed by atoms with Crippen LogP contribution in [-0.2, 0) is 0 Å². The Morgan fingerprint density at radius 3 is 2.69 bits per heavy atom. The first-order valence-corrected chi connectivity index (χ1v) is 6.02. The van der Waals surface area contributed by atoms with Crippen LogP contribution in [0.4, 0.5) is 0 Å². The number of aromatic hydroxyl groups is 1. The number of pyridine rings is 1. The summed E-state index contributed by atoms with van der Waals surface area (Å²) in [5.41, 5.74) is 0. The second kappa shape index (κ2) is 4.84. The lowest BCUT2D eigenvalue weighted by Crippen LogP contribution is -1.88. The molecule has 1 aromatic carbocycles. The molecule has 0 saturated carbocycles. The predicted octanol–water partition coefficient (Wildman–Crippen LogP) is 4.10. The monoisotopic (exact) mass is 343 g/mol. The second-order valence-corrected chi connectivity index (χ2v) is 4.81. The summed E-state index contributed by atoms with van der Waals surface area (Å²) in [7, 11) is 0. The van der Waals surface area contributed by atoms with Gasteiger partial charge in [0, 0.05) is 16.7 Å². The third-order valence-corrected chi connectivity index (χ3v) is 2.81. The molecule has 0 aliphatic rings. The molecule has 2 aromatic rings. The van der Waals surface area contributed by atoms with Gasteiger partial charge in [0.05, 0.1) is 4.47 Å². The van der Waals surface area contributed by atoms with Crippen LogP contribution in [0.25, 0.3) is 0 Å². The van der Waals surface area contributed by atoms with E-state index < -0.39 is 0 Å². The first kappa shape index (κ1) is 11.4. The number of benzene rings is 1. The average Bonchev–Trinajstić information content (AvgIpc) is 2.22. The molecular weight excluding hydrogens is 338 g/mol. The van der Waals surface area contributed by atoms with Crippen molar-refractivity contribution < 1.29 is 9.84 Å². The Morgan fingerprint density at radius 2 is 2.00 bits per heavy atom. The average molecular weight is 345 g/mol. The van der Waals surface area contributed by atoms with Gasteiger partial charge in [0.15, 0.2) is 0 Å². The molecule has 0 radical (unpaired) electrons. The fraction of sp³-hybridized carbons (Fsp3) is 0. The van der Waals surface area contributed by atoms with E-state index in [0.717, 1.165) is 8.95 Å². The SMILES string of the molecule is Oc1cccc(Oc2ncc(Br)cc2Br)c1. The molecule has 1 aromatic heterocycles. The van der Waals surface area contributed by atoms with Crippen LogP contribution in [-0.4, -0.2) is 10.1 Å². The highest BCUT2D eigenvalue weighted by atomic mass is 79.9. The van der Waals surface area contributed by atoms with Crippen molar-refractivity contribution in [3.05, 3.63) is 45.5 Å². The molecule has 0 atom stereocenters. The minimum atomic E-state index is 0.158. The highest BCUT2D eigenvalue weighted by Gasteiger charge is 2.05. The number of hydrogen-bond acceptors (Lipinski definition) is 3. The van der Waals surface area contributed by atoms with E-state index in [1.165, 1.54) is 6.07 Å². The minimum absolute atomic E-state index is 0.158. The summed E-state index contributed by atoms with van der Waals surface area (Å²) in [6.45, 7) is 0. The van der Waals surface area contributed by atoms with Gasteiger partial charge in [0.1, 0.15) is 11.5 Å². The maximum Gasteiger partial charge on any atom is 0.233 e. The number of aromatic nitrogens is 1. The highest BCUT2D eigenvalue weighted by Crippen LogP contribution is 2.30. The van der Waals surface area contributed by atoms with Crippen LogP contribution in [0.3, 0.4) is 0 Å². The Balaban J connectivity index is 2.27. The molecular formula is C11H7Br2NO2. The van der Waals surface area contributed by atoms with Gasteiger partial charge in [-0.2, -0.15) is 0 Å². The van der Waals surface area contributed by atoms with Crippen molar-refractivity contribution in [2.75, 3.05) is 0 Å². The summed E-state index contributed by atoms with van der Waals surface area (Å²) in [4.78, 5) is 4.11. The van der Waals surface area contributed by atoms with Gasteiger partial charge in [-0.1, -0.05) is 6.07 Å². The lowest BCUT2D eigenvalue weighted by atomic mass is 10.3. The number of phenolic OH excluding ortho intramolecular Hbond substituents is 1. The molecule has 0 aliphatic carbocycles. The molecule has 0 unspecified atom stereocenters. The van der Waals surface area contributed by atoms with Crippen LogP contribution in [0.15, 0.2) is 45.5 Å². The van der Waals surface area contributed by atoms with Crippen LogP contribution in [0.5, 0.6) is 17.4 Å². The van der Waals surface area contributed by atoms with Crippen molar-refractivity contribution in [2.45, 2.75) is 0 Å². The van der Waals surface area contributed by atoms with E-state index in [9.17, 15) is 5.11 Å². The highest BCUT2D eigenvalue weighted by molar-refractivity contribution is 9.11. The Hall–Kier alpha value is -1.07. The van der Waals surface area contributed by atoms with Gasteiger partial charge in [-0.3, -0.25) is 0 Å². The van der Waals surface area contributed by atoms with Crippen LogP contribution in [0.1, 0.15) is 0 Å². The summed E-state index contributed by atoms with van der Waals surface area (Å²) in [5.74, 6) is 1.15. The van der Waals surface area contributed by atoms with E-state index in [0.29, 0.717) is 11.6 Å². The smallest absolute Gasteiger partial charge is 0.233 e. The second-order valence-electron chi connectivity index (χ2n) is 3.04. The lowest BCUT2D eigenvalue weighted by Gasteiger charge is -2.06. The van der Waals surface area contributed by atoms with Gasteiger partial charge in [-0.05, 0) is 50.1 Å². The third kappa shape index (κ3) is 2.74. The minimum Gasteiger partial charge on any atom is -0.508 e. The van der Waals surface area contributed by atoms with Crippen molar-refractivity contribution in [1.82, 2.24) is 4.98 Å². The molecule has 2 rings (SSSR count). The third-order valence-electron chi connectivity index (χ3n) is 1.81. The van der Waals surface area contributed by atoms with E-state index >= 15 is 0 Å². The van der Waals surface area contributed by atoms with Gasteiger partial charge in [-0.15, -0.1) is 0 Å². The largest absolute Gasteiger partial charge is 0.508 e. The zero-order chi connectivity index (χ0) is 11.5. The fourth-order valence-corrected chi connectivity index (χ4v) is 2.20. The van der Waals surface area contributed by atoms with Crippen LogP contribution in [0, 0.1) is 0 Å². The number of halogens is 2. The molecule has 0 bridgehead atoms. The molecule has 16 heavy (non-hydrogen) atoms. The van der Waals surface area contributed by atoms with Crippen LogP contribution < -0.4 is 4.74 Å². The molecule has 5 heteroatoms. The van der Waals surface area contributed by atoms with Crippen molar-refractivity contribution >= 4 is 31.9 Å². The molecule has 3 nitrogen and oxygen atoms in total. The Morgan fingerprint density at radius 1 is 1.19 bits per heavy atom. The fourth-order valence-electron chi connectivity index (χ4n) is 1.14. The molecule has 1 heterocycles. The van der Waals surface area contributed by atoms with Gasteiger partial charge >= 0.3 is 0 Å². The molecule has 0 saturated heterocycles. The number of hydrogen-bond donors (Lipinski definition) is 1. The van der Waals surface area contributed by atoms with E-state index in [-0.39, 0.29) is 5.75 Å². The van der Waals surface area contributed by atoms with Gasteiger partial charge in [0.25, 0.3) is 0 Å². The van der Waals surface area contributed by atoms with Gasteiger partial charge in [0.2, 0.25) is 5.88 Å². The van der Waals surface area contributed by atoms with Crippen molar-refractivity contribution in [3.8, 4) is 17.4 Å². The van der Waals surface area contributed by atoms with Crippen LogP contribution in [0.2, 0.25) is 0 Å².